The summed E-state index contributed by atoms with van der Waals surface area (Å²) in [4.78, 5) is 11.8. The highest BCUT2D eigenvalue weighted by Crippen LogP contribution is 2.27. The predicted octanol–water partition coefficient (Wildman–Crippen LogP) is 2.54. The number of rotatable bonds is 5. The van der Waals surface area contributed by atoms with Crippen LogP contribution in [-0.4, -0.2) is 19.9 Å². The van der Waals surface area contributed by atoms with Gasteiger partial charge in [0.25, 0.3) is 5.91 Å². The van der Waals surface area contributed by atoms with Crippen molar-refractivity contribution in [3.63, 3.8) is 0 Å². The number of carbonyl (C=O) groups excluding carboxylic acids is 1. The van der Waals surface area contributed by atoms with Crippen molar-refractivity contribution >= 4 is 31.9 Å². The smallest absolute Gasteiger partial charge is 0.252 e. The van der Waals surface area contributed by atoms with Crippen molar-refractivity contribution in [2.24, 2.45) is 5.14 Å². The first kappa shape index (κ1) is 18.1. The van der Waals surface area contributed by atoms with Gasteiger partial charge in [0.05, 0.1) is 14.9 Å². The van der Waals surface area contributed by atoms with Gasteiger partial charge >= 0.3 is 0 Å². The number of sulfonamides is 1. The van der Waals surface area contributed by atoms with Crippen molar-refractivity contribution in [1.29, 1.82) is 0 Å². The number of nitrogens with two attached hydrogens (primary N) is 1. The molecule has 0 saturated heterocycles. The van der Waals surface area contributed by atoms with E-state index in [0.717, 1.165) is 12.1 Å². The predicted molar refractivity (Wildman–Crippen MR) is 81.9 cm³/mol. The maximum atomic E-state index is 13.6. The minimum absolute atomic E-state index is 0.0431. The van der Waals surface area contributed by atoms with Gasteiger partial charge in [-0.15, -0.1) is 0 Å². The van der Waals surface area contributed by atoms with E-state index in [4.69, 9.17) is 5.14 Å². The molecule has 118 valence electrons. The molecule has 5 nitrogen and oxygen atoms in total. The van der Waals surface area contributed by atoms with Crippen LogP contribution in [-0.2, 0) is 10.0 Å². The third-order valence-electron chi connectivity index (χ3n) is 3.53. The minimum atomic E-state index is -4.13. The van der Waals surface area contributed by atoms with Crippen LogP contribution in [0.4, 0.5) is 4.39 Å². The topological polar surface area (TPSA) is 89.3 Å². The van der Waals surface area contributed by atoms with E-state index in [2.05, 4.69) is 21.2 Å². The van der Waals surface area contributed by atoms with E-state index in [1.165, 1.54) is 0 Å². The molecule has 0 aliphatic heterocycles. The Balaban J connectivity index is 3.32. The van der Waals surface area contributed by atoms with E-state index < -0.39 is 32.2 Å². The van der Waals surface area contributed by atoms with Gasteiger partial charge in [0, 0.05) is 5.54 Å². The molecule has 0 aromatic heterocycles. The van der Waals surface area contributed by atoms with Crippen LogP contribution >= 0.6 is 15.9 Å². The average Bonchev–Trinajstić information content (AvgIpc) is 2.39. The summed E-state index contributed by atoms with van der Waals surface area (Å²) in [6.07, 6.45) is 1.37. The molecule has 1 aromatic rings. The van der Waals surface area contributed by atoms with E-state index in [9.17, 15) is 17.6 Å². The lowest BCUT2D eigenvalue weighted by atomic mass is 9.95. The van der Waals surface area contributed by atoms with Crippen LogP contribution in [0.3, 0.4) is 0 Å². The molecule has 0 spiro atoms. The number of halogens is 2. The van der Waals surface area contributed by atoms with Crippen LogP contribution in [0.25, 0.3) is 0 Å². The zero-order valence-electron chi connectivity index (χ0n) is 12.0. The molecule has 0 aliphatic rings. The minimum Gasteiger partial charge on any atom is -0.347 e. The zero-order valence-corrected chi connectivity index (χ0v) is 14.4. The van der Waals surface area contributed by atoms with Crippen molar-refractivity contribution < 1.29 is 17.6 Å². The van der Waals surface area contributed by atoms with Crippen LogP contribution in [0.1, 0.15) is 44.0 Å². The molecular formula is C13H18BrFN2O3S. The summed E-state index contributed by atoms with van der Waals surface area (Å²) in [5, 5.41) is 7.80. The van der Waals surface area contributed by atoms with E-state index >= 15 is 0 Å². The molecule has 21 heavy (non-hydrogen) atoms. The van der Waals surface area contributed by atoms with Gasteiger partial charge in [0.15, 0.2) is 0 Å². The molecule has 0 atom stereocenters. The lowest BCUT2D eigenvalue weighted by molar-refractivity contribution is 0.0899. The third kappa shape index (κ3) is 4.24. The number of primary sulfonamides is 1. The van der Waals surface area contributed by atoms with E-state index in [1.807, 2.05) is 20.8 Å². The van der Waals surface area contributed by atoms with Gasteiger partial charge in [0.2, 0.25) is 10.0 Å². The van der Waals surface area contributed by atoms with Gasteiger partial charge in [-0.3, -0.25) is 4.79 Å². The van der Waals surface area contributed by atoms with E-state index in [-0.39, 0.29) is 10.0 Å². The summed E-state index contributed by atoms with van der Waals surface area (Å²) in [5.74, 6) is -1.40. The summed E-state index contributed by atoms with van der Waals surface area (Å²) in [6, 6.07) is 1.74. The first-order chi connectivity index (χ1) is 9.54. The first-order valence-electron chi connectivity index (χ1n) is 6.38. The summed E-state index contributed by atoms with van der Waals surface area (Å²) in [5.41, 5.74) is -0.558. The quantitative estimate of drug-likeness (QED) is 0.822. The van der Waals surface area contributed by atoms with Gasteiger partial charge in [0.1, 0.15) is 5.82 Å². The standard InChI is InChI=1S/C13H18BrFN2O3S/c1-4-13(3,5-2)17-12(18)9-6-8(15)7-10(11(9)14)21(16,19)20/h6-7H,4-5H2,1-3H3,(H,17,18)(H2,16,19,20). The highest BCUT2D eigenvalue weighted by Gasteiger charge is 2.26. The number of carbonyl (C=O) groups is 1. The molecule has 0 bridgehead atoms. The fourth-order valence-electron chi connectivity index (χ4n) is 1.70. The molecule has 1 rings (SSSR count). The summed E-state index contributed by atoms with van der Waals surface area (Å²) in [6.45, 7) is 5.69. The zero-order chi connectivity index (χ0) is 16.4. The van der Waals surface area contributed by atoms with Crippen molar-refractivity contribution in [1.82, 2.24) is 5.32 Å². The number of benzene rings is 1. The van der Waals surface area contributed by atoms with Crippen LogP contribution in [0, 0.1) is 5.82 Å². The molecular weight excluding hydrogens is 363 g/mol. The Morgan fingerprint density at radius 2 is 1.90 bits per heavy atom. The van der Waals surface area contributed by atoms with Crippen LogP contribution < -0.4 is 10.5 Å². The largest absolute Gasteiger partial charge is 0.347 e. The maximum absolute atomic E-state index is 13.6. The number of nitrogens with one attached hydrogen (secondary N) is 1. The first-order valence-corrected chi connectivity index (χ1v) is 8.72. The third-order valence-corrected chi connectivity index (χ3v) is 5.58. The fourth-order valence-corrected chi connectivity index (χ4v) is 3.43. The summed E-state index contributed by atoms with van der Waals surface area (Å²) >= 11 is 3.02. The highest BCUT2D eigenvalue weighted by atomic mass is 79.9. The molecule has 0 fully saturated rings. The molecule has 1 amide bonds. The van der Waals surface area contributed by atoms with Gasteiger partial charge in [-0.2, -0.15) is 0 Å². The molecule has 8 heteroatoms. The molecule has 0 saturated carbocycles. The molecule has 1 aromatic carbocycles. The second kappa shape index (κ2) is 6.41. The SMILES string of the molecule is CCC(C)(CC)NC(=O)c1cc(F)cc(S(N)(=O)=O)c1Br. The Bertz CT molecular complexity index is 658. The van der Waals surface area contributed by atoms with Crippen molar-refractivity contribution in [3.05, 3.63) is 28.0 Å². The lowest BCUT2D eigenvalue weighted by Gasteiger charge is -2.28. The summed E-state index contributed by atoms with van der Waals surface area (Å²) in [7, 11) is -4.13. The Labute approximate surface area is 132 Å². The summed E-state index contributed by atoms with van der Waals surface area (Å²) < 4.78 is 36.4. The van der Waals surface area contributed by atoms with Gasteiger partial charge in [-0.25, -0.2) is 17.9 Å². The average molecular weight is 381 g/mol. The molecule has 0 unspecified atom stereocenters. The van der Waals surface area contributed by atoms with Crippen LogP contribution in [0.15, 0.2) is 21.5 Å². The Morgan fingerprint density at radius 1 is 1.38 bits per heavy atom. The van der Waals surface area contributed by atoms with E-state index in [0.29, 0.717) is 12.8 Å². The number of hydrogen-bond acceptors (Lipinski definition) is 3. The van der Waals surface area contributed by atoms with Crippen LogP contribution in [0.2, 0.25) is 0 Å². The molecule has 0 radical (unpaired) electrons. The Hall–Kier alpha value is -0.990. The lowest BCUT2D eigenvalue weighted by Crippen LogP contribution is -2.45. The number of amides is 1. The van der Waals surface area contributed by atoms with Gasteiger partial charge in [-0.1, -0.05) is 13.8 Å². The number of hydrogen-bond donors (Lipinski definition) is 2. The van der Waals surface area contributed by atoms with E-state index in [1.54, 1.807) is 0 Å². The van der Waals surface area contributed by atoms with Gasteiger partial charge < -0.3 is 5.32 Å². The van der Waals surface area contributed by atoms with Crippen molar-refractivity contribution in [2.45, 2.75) is 44.0 Å². The Kier molecular flexibility index (Phi) is 5.51. The van der Waals surface area contributed by atoms with Crippen molar-refractivity contribution in [3.8, 4) is 0 Å². The second-order valence-corrected chi connectivity index (χ2v) is 7.36. The maximum Gasteiger partial charge on any atom is 0.252 e. The normalized spacial score (nSPS) is 12.3. The van der Waals surface area contributed by atoms with Crippen LogP contribution in [0.5, 0.6) is 0 Å². The molecule has 0 aliphatic carbocycles. The molecule has 0 heterocycles. The highest BCUT2D eigenvalue weighted by molar-refractivity contribution is 9.10. The molecule has 3 N–H and O–H groups in total. The second-order valence-electron chi connectivity index (χ2n) is 5.03. The van der Waals surface area contributed by atoms with Gasteiger partial charge in [-0.05, 0) is 47.8 Å². The monoisotopic (exact) mass is 380 g/mol. The van der Waals surface area contributed by atoms with Crippen molar-refractivity contribution in [2.75, 3.05) is 0 Å². The fraction of sp³-hybridized carbons (Fsp3) is 0.462. The Morgan fingerprint density at radius 3 is 2.33 bits per heavy atom.